The van der Waals surface area contributed by atoms with E-state index in [1.165, 1.54) is 12.1 Å². The number of nitrogens with one attached hydrogen (secondary N) is 2. The monoisotopic (exact) mass is 468 g/mol. The van der Waals surface area contributed by atoms with Crippen molar-refractivity contribution in [2.75, 3.05) is 4.72 Å². The highest BCUT2D eigenvalue weighted by molar-refractivity contribution is 7.92. The predicted molar refractivity (Wildman–Crippen MR) is 125 cm³/mol. The number of aromatic nitrogens is 2. The van der Waals surface area contributed by atoms with Crippen LogP contribution < -0.4 is 10.0 Å². The van der Waals surface area contributed by atoms with Crippen LogP contribution in [-0.4, -0.2) is 23.7 Å². The van der Waals surface area contributed by atoms with Crippen LogP contribution in [0.25, 0.3) is 5.65 Å². The first kappa shape index (κ1) is 21.9. The molecule has 0 aliphatic heterocycles. The summed E-state index contributed by atoms with van der Waals surface area (Å²) in [6, 6.07) is 15.1. The molecule has 0 aliphatic carbocycles. The van der Waals surface area contributed by atoms with E-state index >= 15 is 0 Å². The first-order valence-corrected chi connectivity index (χ1v) is 11.7. The fourth-order valence-corrected chi connectivity index (χ4v) is 4.55. The Hall–Kier alpha value is -3.36. The van der Waals surface area contributed by atoms with E-state index in [4.69, 9.17) is 11.6 Å². The maximum Gasteiger partial charge on any atom is 0.261 e. The normalized spacial score (nSPS) is 11.5. The molecule has 0 saturated heterocycles. The number of anilines is 1. The Kier molecular flexibility index (Phi) is 5.90. The lowest BCUT2D eigenvalue weighted by atomic mass is 10.1. The van der Waals surface area contributed by atoms with E-state index in [0.717, 1.165) is 5.56 Å². The van der Waals surface area contributed by atoms with E-state index < -0.39 is 10.0 Å². The zero-order chi connectivity index (χ0) is 22.9. The molecule has 0 atom stereocenters. The van der Waals surface area contributed by atoms with Gasteiger partial charge in [0.15, 0.2) is 0 Å². The predicted octanol–water partition coefficient (Wildman–Crippen LogP) is 4.34. The molecule has 0 radical (unpaired) electrons. The molecule has 2 N–H and O–H groups in total. The number of halogens is 1. The van der Waals surface area contributed by atoms with Crippen molar-refractivity contribution in [1.29, 1.82) is 0 Å². The van der Waals surface area contributed by atoms with Gasteiger partial charge in [-0.15, -0.1) is 0 Å². The fourth-order valence-electron chi connectivity index (χ4n) is 3.30. The second-order valence-corrected chi connectivity index (χ2v) is 9.60. The molecule has 0 unspecified atom stereocenters. The summed E-state index contributed by atoms with van der Waals surface area (Å²) >= 11 is 5.99. The third kappa shape index (κ3) is 4.76. The third-order valence-corrected chi connectivity index (χ3v) is 6.53. The van der Waals surface area contributed by atoms with Gasteiger partial charge >= 0.3 is 0 Å². The molecule has 2 aromatic carbocycles. The highest BCUT2D eigenvalue weighted by atomic mass is 35.5. The number of pyridine rings is 1. The van der Waals surface area contributed by atoms with Crippen LogP contribution in [0.15, 0.2) is 71.9 Å². The minimum absolute atomic E-state index is 0.0112. The van der Waals surface area contributed by atoms with Gasteiger partial charge in [-0.3, -0.25) is 9.52 Å². The van der Waals surface area contributed by atoms with Crippen LogP contribution >= 0.6 is 11.6 Å². The van der Waals surface area contributed by atoms with Crippen LogP contribution in [0.1, 0.15) is 27.2 Å². The SMILES string of the molecule is Cc1cccc(NS(=O)(=O)c2ccc(C)c(C(=O)NCc3cn4cc(Cl)ccc4n3)c2)c1. The van der Waals surface area contributed by atoms with E-state index in [9.17, 15) is 13.2 Å². The Morgan fingerprint density at radius 3 is 2.66 bits per heavy atom. The summed E-state index contributed by atoms with van der Waals surface area (Å²) in [5.41, 5.74) is 3.71. The van der Waals surface area contributed by atoms with E-state index in [1.54, 1.807) is 60.1 Å². The molecule has 2 aromatic heterocycles. The molecule has 1 amide bonds. The zero-order valence-corrected chi connectivity index (χ0v) is 19.0. The number of aryl methyl sites for hydroxylation is 2. The van der Waals surface area contributed by atoms with Crippen molar-refractivity contribution in [2.24, 2.45) is 0 Å². The molecule has 0 spiro atoms. The molecule has 4 aromatic rings. The molecule has 0 saturated carbocycles. The molecular formula is C23H21ClN4O3S. The van der Waals surface area contributed by atoms with Gasteiger partial charge in [0.05, 0.1) is 22.2 Å². The first-order chi connectivity index (χ1) is 15.2. The number of sulfonamides is 1. The average Bonchev–Trinajstić information content (AvgIpc) is 3.14. The topological polar surface area (TPSA) is 92.6 Å². The number of carbonyl (C=O) groups excluding carboxylic acids is 1. The van der Waals surface area contributed by atoms with Crippen molar-refractivity contribution in [1.82, 2.24) is 14.7 Å². The highest BCUT2D eigenvalue weighted by Gasteiger charge is 2.18. The number of hydrogen-bond donors (Lipinski definition) is 2. The molecular weight excluding hydrogens is 448 g/mol. The molecule has 0 bridgehead atoms. The number of fused-ring (bicyclic) bond motifs is 1. The Bertz CT molecular complexity index is 1430. The summed E-state index contributed by atoms with van der Waals surface area (Å²) in [6.07, 6.45) is 3.51. The standard InChI is InChI=1S/C23H21ClN4O3S/c1-15-4-3-5-18(10-15)27-32(30,31)20-8-6-16(2)21(11-20)23(29)25-12-19-14-28-13-17(24)7-9-22(28)26-19/h3-11,13-14,27H,12H2,1-2H3,(H,25,29). The van der Waals surface area contributed by atoms with Crippen molar-refractivity contribution in [3.05, 3.63) is 94.4 Å². The van der Waals surface area contributed by atoms with E-state index in [1.807, 2.05) is 13.0 Å². The van der Waals surface area contributed by atoms with Gasteiger partial charge in [0.2, 0.25) is 0 Å². The summed E-state index contributed by atoms with van der Waals surface area (Å²) in [5.74, 6) is -0.384. The Morgan fingerprint density at radius 1 is 1.06 bits per heavy atom. The van der Waals surface area contributed by atoms with Gasteiger partial charge < -0.3 is 9.72 Å². The summed E-state index contributed by atoms with van der Waals surface area (Å²) in [4.78, 5) is 17.3. The second kappa shape index (κ2) is 8.64. The van der Waals surface area contributed by atoms with Gasteiger partial charge in [0.1, 0.15) is 5.65 Å². The number of amides is 1. The quantitative estimate of drug-likeness (QED) is 0.440. The maximum atomic E-state index is 12.8. The van der Waals surface area contributed by atoms with Crippen molar-refractivity contribution < 1.29 is 13.2 Å². The van der Waals surface area contributed by atoms with Gasteiger partial charge in [-0.2, -0.15) is 0 Å². The summed E-state index contributed by atoms with van der Waals surface area (Å²) in [6.45, 7) is 3.83. The molecule has 2 heterocycles. The lowest BCUT2D eigenvalue weighted by Crippen LogP contribution is -2.24. The minimum atomic E-state index is -3.85. The number of carbonyl (C=O) groups is 1. The van der Waals surface area contributed by atoms with Crippen molar-refractivity contribution >= 4 is 38.9 Å². The largest absolute Gasteiger partial charge is 0.346 e. The van der Waals surface area contributed by atoms with Crippen LogP contribution in [-0.2, 0) is 16.6 Å². The van der Waals surface area contributed by atoms with Crippen LogP contribution in [0.2, 0.25) is 5.02 Å². The lowest BCUT2D eigenvalue weighted by Gasteiger charge is -2.12. The molecule has 7 nitrogen and oxygen atoms in total. The second-order valence-electron chi connectivity index (χ2n) is 7.48. The minimum Gasteiger partial charge on any atom is -0.346 e. The van der Waals surface area contributed by atoms with Crippen molar-refractivity contribution in [3.8, 4) is 0 Å². The highest BCUT2D eigenvalue weighted by Crippen LogP contribution is 2.20. The Labute approximate surface area is 191 Å². The Balaban J connectivity index is 1.52. The third-order valence-electron chi connectivity index (χ3n) is 4.93. The maximum absolute atomic E-state index is 12.8. The van der Waals surface area contributed by atoms with Gasteiger partial charge in [-0.25, -0.2) is 13.4 Å². The number of imidazole rings is 1. The molecule has 164 valence electrons. The van der Waals surface area contributed by atoms with E-state index in [2.05, 4.69) is 15.0 Å². The first-order valence-electron chi connectivity index (χ1n) is 9.83. The van der Waals surface area contributed by atoms with E-state index in [-0.39, 0.29) is 22.9 Å². The molecule has 9 heteroatoms. The van der Waals surface area contributed by atoms with Gasteiger partial charge in [-0.1, -0.05) is 29.8 Å². The van der Waals surface area contributed by atoms with Crippen LogP contribution in [0.5, 0.6) is 0 Å². The number of benzene rings is 2. The number of hydrogen-bond acceptors (Lipinski definition) is 4. The van der Waals surface area contributed by atoms with E-state index in [0.29, 0.717) is 27.6 Å². The van der Waals surface area contributed by atoms with Crippen LogP contribution in [0.4, 0.5) is 5.69 Å². The van der Waals surface area contributed by atoms with Gasteiger partial charge in [0.25, 0.3) is 15.9 Å². The average molecular weight is 469 g/mol. The molecule has 4 rings (SSSR count). The lowest BCUT2D eigenvalue weighted by molar-refractivity contribution is 0.0949. The van der Waals surface area contributed by atoms with Crippen LogP contribution in [0.3, 0.4) is 0 Å². The smallest absolute Gasteiger partial charge is 0.261 e. The molecule has 32 heavy (non-hydrogen) atoms. The summed E-state index contributed by atoms with van der Waals surface area (Å²) in [7, 11) is -3.85. The Morgan fingerprint density at radius 2 is 1.88 bits per heavy atom. The zero-order valence-electron chi connectivity index (χ0n) is 17.5. The number of rotatable bonds is 6. The molecule has 0 aliphatic rings. The fraction of sp³-hybridized carbons (Fsp3) is 0.130. The van der Waals surface area contributed by atoms with Gasteiger partial charge in [-0.05, 0) is 61.4 Å². The summed E-state index contributed by atoms with van der Waals surface area (Å²) < 4.78 is 30.0. The van der Waals surface area contributed by atoms with Crippen molar-refractivity contribution in [3.63, 3.8) is 0 Å². The molecule has 0 fully saturated rings. The van der Waals surface area contributed by atoms with Crippen molar-refractivity contribution in [2.45, 2.75) is 25.3 Å². The number of nitrogens with zero attached hydrogens (tertiary/aromatic N) is 2. The van der Waals surface area contributed by atoms with Crippen LogP contribution in [0, 0.1) is 13.8 Å². The van der Waals surface area contributed by atoms with Gasteiger partial charge in [0, 0.05) is 23.6 Å². The summed E-state index contributed by atoms with van der Waals surface area (Å²) in [5, 5.41) is 3.39.